The van der Waals surface area contributed by atoms with Gasteiger partial charge in [0.1, 0.15) is 17.7 Å². The number of nitrogens with one attached hydrogen (secondary N) is 2. The van der Waals surface area contributed by atoms with Crippen molar-refractivity contribution in [2.24, 2.45) is 0 Å². The molecule has 1 aliphatic carbocycles. The number of hydrogen-bond acceptors (Lipinski definition) is 6. The molecule has 2 aromatic carbocycles. The highest BCUT2D eigenvalue weighted by Crippen LogP contribution is 2.39. The van der Waals surface area contributed by atoms with Crippen LogP contribution >= 0.6 is 0 Å². The normalized spacial score (nSPS) is 19.8. The van der Waals surface area contributed by atoms with E-state index in [0.29, 0.717) is 11.9 Å². The zero-order valence-electron chi connectivity index (χ0n) is 27.9. The molecule has 3 atom stereocenters. The number of ether oxygens (including phenoxy) is 1. The summed E-state index contributed by atoms with van der Waals surface area (Å²) in [5.74, 6) is 2.27. The lowest BCUT2D eigenvalue weighted by molar-refractivity contribution is 0.171. The van der Waals surface area contributed by atoms with Crippen LogP contribution in [0.2, 0.25) is 0 Å². The van der Waals surface area contributed by atoms with Crippen molar-refractivity contribution in [3.63, 3.8) is 0 Å². The van der Waals surface area contributed by atoms with E-state index in [2.05, 4.69) is 72.5 Å². The topological polar surface area (TPSA) is 102 Å². The molecule has 2 aliphatic rings. The zero-order valence-corrected chi connectivity index (χ0v) is 27.9. The van der Waals surface area contributed by atoms with Gasteiger partial charge in [0, 0.05) is 24.1 Å². The van der Waals surface area contributed by atoms with Gasteiger partial charge in [-0.2, -0.15) is 5.10 Å². The van der Waals surface area contributed by atoms with Gasteiger partial charge in [-0.15, -0.1) is 10.2 Å². The monoisotopic (exact) mass is 632 g/mol. The van der Waals surface area contributed by atoms with Gasteiger partial charge >= 0.3 is 6.03 Å². The van der Waals surface area contributed by atoms with Gasteiger partial charge in [-0.1, -0.05) is 62.7 Å². The molecule has 7 rings (SSSR count). The van der Waals surface area contributed by atoms with Gasteiger partial charge in [0.25, 0.3) is 0 Å². The Balaban J connectivity index is 1.09. The Bertz CT molecular complexity index is 1890. The number of carbonyl (C=O) groups is 1. The van der Waals surface area contributed by atoms with Crippen LogP contribution in [-0.4, -0.2) is 43.0 Å². The Hall–Kier alpha value is -4.86. The van der Waals surface area contributed by atoms with Crippen LogP contribution in [0.15, 0.2) is 72.9 Å². The maximum Gasteiger partial charge on any atom is 0.320 e. The third-order valence-electron chi connectivity index (χ3n) is 9.43. The SMILES string of the molecule is Cc1ccc(-n2nc(C(C)(C)C)cc2NC(=O)N[C@H]2CC[C@@H](Oc3ccc4nnc(N5CCCCC5C)n4c3)c3ccccc32)cc1. The molecule has 4 heterocycles. The van der Waals surface area contributed by atoms with E-state index in [1.807, 2.05) is 69.9 Å². The predicted molar refractivity (Wildman–Crippen MR) is 185 cm³/mol. The van der Waals surface area contributed by atoms with Crippen LogP contribution in [0, 0.1) is 6.92 Å². The molecule has 244 valence electrons. The quantitative estimate of drug-likeness (QED) is 0.199. The molecule has 10 heteroatoms. The fourth-order valence-corrected chi connectivity index (χ4v) is 6.74. The molecule has 2 amide bonds. The lowest BCUT2D eigenvalue weighted by Crippen LogP contribution is -2.38. The summed E-state index contributed by atoms with van der Waals surface area (Å²) in [6.45, 7) is 11.7. The third kappa shape index (κ3) is 6.28. The summed E-state index contributed by atoms with van der Waals surface area (Å²) in [5, 5.41) is 20.2. The van der Waals surface area contributed by atoms with E-state index < -0.39 is 0 Å². The number of hydrogen-bond donors (Lipinski definition) is 2. The van der Waals surface area contributed by atoms with Crippen LogP contribution in [0.25, 0.3) is 11.3 Å². The van der Waals surface area contributed by atoms with E-state index >= 15 is 0 Å². The van der Waals surface area contributed by atoms with Crippen molar-refractivity contribution in [2.75, 3.05) is 16.8 Å². The number of fused-ring (bicyclic) bond motifs is 2. The Morgan fingerprint density at radius 2 is 1.72 bits per heavy atom. The minimum atomic E-state index is -0.268. The molecule has 0 radical (unpaired) electrons. The summed E-state index contributed by atoms with van der Waals surface area (Å²) in [7, 11) is 0. The Morgan fingerprint density at radius 3 is 2.49 bits per heavy atom. The van der Waals surface area contributed by atoms with Crippen LogP contribution in [-0.2, 0) is 5.41 Å². The van der Waals surface area contributed by atoms with Gasteiger partial charge in [0.05, 0.1) is 23.6 Å². The first-order valence-corrected chi connectivity index (χ1v) is 16.8. The highest BCUT2D eigenvalue weighted by atomic mass is 16.5. The lowest BCUT2D eigenvalue weighted by Gasteiger charge is -2.33. The van der Waals surface area contributed by atoms with E-state index in [0.717, 1.165) is 72.1 Å². The van der Waals surface area contributed by atoms with Gasteiger partial charge in [-0.05, 0) is 81.3 Å². The van der Waals surface area contributed by atoms with E-state index in [1.54, 1.807) is 0 Å². The van der Waals surface area contributed by atoms with Crippen LogP contribution in [0.3, 0.4) is 0 Å². The Morgan fingerprint density at radius 1 is 0.936 bits per heavy atom. The molecule has 47 heavy (non-hydrogen) atoms. The minimum absolute atomic E-state index is 0.143. The molecule has 5 aromatic rings. The number of anilines is 2. The number of piperidine rings is 1. The standard InChI is InChI=1S/C37H44N8O2/c1-24-13-15-26(16-14-24)45-34(22-32(42-45)37(3,4)5)39-35(46)38-30-18-19-31(29-12-7-6-11-28(29)30)47-27-17-20-33-40-41-36(44(33)23-27)43-21-9-8-10-25(43)2/h6-7,11-17,20,22-23,25,30-31H,8-10,18-19,21H2,1-5H3,(H2,38,39,46)/t25?,30-,31+/m0/s1. The molecular weight excluding hydrogens is 588 g/mol. The van der Waals surface area contributed by atoms with Gasteiger partial charge in [0.15, 0.2) is 5.65 Å². The predicted octanol–water partition coefficient (Wildman–Crippen LogP) is 7.68. The number of rotatable bonds is 6. The third-order valence-corrected chi connectivity index (χ3v) is 9.43. The zero-order chi connectivity index (χ0) is 32.7. The van der Waals surface area contributed by atoms with Crippen molar-refractivity contribution in [2.45, 2.75) is 90.3 Å². The summed E-state index contributed by atoms with van der Waals surface area (Å²) in [6, 6.07) is 22.3. The number of nitrogens with zero attached hydrogens (tertiary/aromatic N) is 6. The molecule has 0 spiro atoms. The summed E-state index contributed by atoms with van der Waals surface area (Å²) < 4.78 is 10.5. The minimum Gasteiger partial charge on any atom is -0.484 e. The maximum atomic E-state index is 13.5. The van der Waals surface area contributed by atoms with Crippen molar-refractivity contribution >= 4 is 23.4 Å². The first-order chi connectivity index (χ1) is 22.6. The van der Waals surface area contributed by atoms with Crippen molar-refractivity contribution in [3.05, 3.63) is 95.3 Å². The van der Waals surface area contributed by atoms with Crippen LogP contribution in [0.1, 0.15) is 94.3 Å². The second-order valence-corrected chi connectivity index (χ2v) is 14.0. The number of aromatic nitrogens is 5. The molecule has 1 fully saturated rings. The maximum absolute atomic E-state index is 13.5. The molecule has 0 saturated carbocycles. The van der Waals surface area contributed by atoms with Gasteiger partial charge in [-0.3, -0.25) is 9.72 Å². The fourth-order valence-electron chi connectivity index (χ4n) is 6.74. The summed E-state index contributed by atoms with van der Waals surface area (Å²) in [4.78, 5) is 15.9. The number of aryl methyl sites for hydroxylation is 1. The number of amides is 2. The first kappa shape index (κ1) is 30.8. The smallest absolute Gasteiger partial charge is 0.320 e. The van der Waals surface area contributed by atoms with Crippen molar-refractivity contribution < 1.29 is 9.53 Å². The largest absolute Gasteiger partial charge is 0.484 e. The number of pyridine rings is 1. The molecule has 1 saturated heterocycles. The first-order valence-electron chi connectivity index (χ1n) is 16.8. The number of benzene rings is 2. The van der Waals surface area contributed by atoms with E-state index in [4.69, 9.17) is 9.84 Å². The highest BCUT2D eigenvalue weighted by Gasteiger charge is 2.30. The van der Waals surface area contributed by atoms with Crippen LogP contribution in [0.5, 0.6) is 5.75 Å². The van der Waals surface area contributed by atoms with E-state index in [-0.39, 0.29) is 23.6 Å². The molecule has 1 aliphatic heterocycles. The average Bonchev–Trinajstić information content (AvgIpc) is 3.67. The molecule has 2 N–H and O–H groups in total. The Labute approximate surface area is 276 Å². The Kier molecular flexibility index (Phi) is 8.11. The number of urea groups is 1. The van der Waals surface area contributed by atoms with Crippen molar-refractivity contribution in [1.29, 1.82) is 0 Å². The summed E-state index contributed by atoms with van der Waals surface area (Å²) in [5.41, 5.74) is 5.74. The second kappa shape index (κ2) is 12.4. The summed E-state index contributed by atoms with van der Waals surface area (Å²) >= 11 is 0. The van der Waals surface area contributed by atoms with Crippen LogP contribution < -0.4 is 20.3 Å². The molecule has 0 bridgehead atoms. The van der Waals surface area contributed by atoms with Gasteiger partial charge in [0.2, 0.25) is 5.95 Å². The molecular formula is C37H44N8O2. The summed E-state index contributed by atoms with van der Waals surface area (Å²) in [6.07, 6.45) is 6.93. The second-order valence-electron chi connectivity index (χ2n) is 14.0. The fraction of sp³-hybridized carbons (Fsp3) is 0.405. The number of carbonyl (C=O) groups excluding carboxylic acids is 1. The van der Waals surface area contributed by atoms with Gasteiger partial charge in [-0.25, -0.2) is 9.48 Å². The van der Waals surface area contributed by atoms with Gasteiger partial charge < -0.3 is 15.0 Å². The molecule has 3 aromatic heterocycles. The van der Waals surface area contributed by atoms with Crippen molar-refractivity contribution in [3.8, 4) is 11.4 Å². The lowest BCUT2D eigenvalue weighted by atomic mass is 9.85. The van der Waals surface area contributed by atoms with E-state index in [9.17, 15) is 4.79 Å². The highest BCUT2D eigenvalue weighted by molar-refractivity contribution is 5.89. The molecule has 10 nitrogen and oxygen atoms in total. The van der Waals surface area contributed by atoms with Crippen molar-refractivity contribution in [1.82, 2.24) is 29.7 Å². The van der Waals surface area contributed by atoms with Crippen LogP contribution in [0.4, 0.5) is 16.6 Å². The van der Waals surface area contributed by atoms with E-state index in [1.165, 1.54) is 12.0 Å². The average molecular weight is 633 g/mol. The molecule has 1 unspecified atom stereocenters.